The molecule has 0 saturated carbocycles. The Hall–Kier alpha value is -3.46. The SMILES string of the molecule is CCOc1ccc(N/C=C(/C#N)C(=O)NC(C)c2ccc3c(c2)CCCC3)cc1OCC. The first kappa shape index (κ1) is 23.2. The highest BCUT2D eigenvalue weighted by atomic mass is 16.5. The molecule has 3 rings (SSSR count). The van der Waals surface area contributed by atoms with Crippen molar-refractivity contribution in [2.24, 2.45) is 0 Å². The lowest BCUT2D eigenvalue weighted by Crippen LogP contribution is -2.28. The number of rotatable bonds is 9. The van der Waals surface area contributed by atoms with E-state index in [9.17, 15) is 10.1 Å². The van der Waals surface area contributed by atoms with E-state index >= 15 is 0 Å². The monoisotopic (exact) mass is 433 g/mol. The minimum atomic E-state index is -0.416. The lowest BCUT2D eigenvalue weighted by atomic mass is 9.89. The third-order valence-electron chi connectivity index (χ3n) is 5.51. The van der Waals surface area contributed by atoms with Crippen molar-refractivity contribution in [3.05, 3.63) is 64.9 Å². The molecule has 0 heterocycles. The van der Waals surface area contributed by atoms with E-state index in [1.807, 2.05) is 32.9 Å². The average Bonchev–Trinajstić information content (AvgIpc) is 2.81. The number of amides is 1. The fourth-order valence-electron chi connectivity index (χ4n) is 3.83. The predicted molar refractivity (Wildman–Crippen MR) is 126 cm³/mol. The predicted octanol–water partition coefficient (Wildman–Crippen LogP) is 5.06. The number of fused-ring (bicyclic) bond motifs is 1. The summed E-state index contributed by atoms with van der Waals surface area (Å²) in [6.07, 6.45) is 6.08. The van der Waals surface area contributed by atoms with Gasteiger partial charge in [0.2, 0.25) is 0 Å². The van der Waals surface area contributed by atoms with Crippen LogP contribution < -0.4 is 20.1 Å². The normalized spacial score (nSPS) is 14.0. The molecule has 1 atom stereocenters. The fraction of sp³-hybridized carbons (Fsp3) is 0.385. The quantitative estimate of drug-likeness (QED) is 0.427. The van der Waals surface area contributed by atoms with E-state index in [1.165, 1.54) is 30.2 Å². The standard InChI is InChI=1S/C26H31N3O3/c1-4-31-24-13-12-23(15-25(24)32-5-2)28-17-22(16-27)26(30)29-18(3)20-11-10-19-8-6-7-9-21(19)14-20/h10-15,17-18,28H,4-9H2,1-3H3,(H,29,30)/b22-17-. The maximum Gasteiger partial charge on any atom is 0.263 e. The largest absolute Gasteiger partial charge is 0.490 e. The molecule has 0 spiro atoms. The molecule has 2 aromatic carbocycles. The second-order valence-corrected chi connectivity index (χ2v) is 7.77. The van der Waals surface area contributed by atoms with Crippen molar-refractivity contribution < 1.29 is 14.3 Å². The zero-order valence-corrected chi connectivity index (χ0v) is 19.0. The summed E-state index contributed by atoms with van der Waals surface area (Å²) in [6.45, 7) is 6.79. The Morgan fingerprint density at radius 1 is 1.06 bits per heavy atom. The molecular weight excluding hydrogens is 402 g/mol. The van der Waals surface area contributed by atoms with Gasteiger partial charge in [0.1, 0.15) is 11.6 Å². The zero-order chi connectivity index (χ0) is 22.9. The van der Waals surface area contributed by atoms with Crippen LogP contribution in [0.1, 0.15) is 56.3 Å². The molecule has 0 aliphatic heterocycles. The summed E-state index contributed by atoms with van der Waals surface area (Å²) in [6, 6.07) is 13.6. The number of anilines is 1. The molecule has 1 unspecified atom stereocenters. The van der Waals surface area contributed by atoms with E-state index < -0.39 is 5.91 Å². The van der Waals surface area contributed by atoms with Crippen molar-refractivity contribution in [3.8, 4) is 17.6 Å². The zero-order valence-electron chi connectivity index (χ0n) is 19.0. The third-order valence-corrected chi connectivity index (χ3v) is 5.51. The molecule has 0 radical (unpaired) electrons. The molecular formula is C26H31N3O3. The van der Waals surface area contributed by atoms with E-state index in [0.29, 0.717) is 30.4 Å². The van der Waals surface area contributed by atoms with Crippen LogP contribution in [0, 0.1) is 11.3 Å². The summed E-state index contributed by atoms with van der Waals surface area (Å²) >= 11 is 0. The third kappa shape index (κ3) is 5.82. The van der Waals surface area contributed by atoms with Gasteiger partial charge in [0.15, 0.2) is 11.5 Å². The molecule has 0 aromatic heterocycles. The van der Waals surface area contributed by atoms with Gasteiger partial charge in [-0.2, -0.15) is 5.26 Å². The van der Waals surface area contributed by atoms with Crippen LogP contribution in [0.25, 0.3) is 0 Å². The van der Waals surface area contributed by atoms with Crippen molar-refractivity contribution in [1.29, 1.82) is 5.26 Å². The maximum atomic E-state index is 12.7. The topological polar surface area (TPSA) is 83.4 Å². The fourth-order valence-corrected chi connectivity index (χ4v) is 3.83. The molecule has 32 heavy (non-hydrogen) atoms. The van der Waals surface area contributed by atoms with Gasteiger partial charge in [-0.15, -0.1) is 0 Å². The summed E-state index contributed by atoms with van der Waals surface area (Å²) in [5.41, 5.74) is 4.52. The second-order valence-electron chi connectivity index (χ2n) is 7.77. The van der Waals surface area contributed by atoms with Gasteiger partial charge in [0, 0.05) is 18.0 Å². The number of hydrogen-bond donors (Lipinski definition) is 2. The Morgan fingerprint density at radius 2 is 1.78 bits per heavy atom. The Bertz CT molecular complexity index is 1020. The van der Waals surface area contributed by atoms with Gasteiger partial charge in [-0.05, 0) is 75.3 Å². The van der Waals surface area contributed by atoms with E-state index in [4.69, 9.17) is 9.47 Å². The smallest absolute Gasteiger partial charge is 0.263 e. The Labute approximate surface area is 190 Å². The summed E-state index contributed by atoms with van der Waals surface area (Å²) in [7, 11) is 0. The van der Waals surface area contributed by atoms with Crippen LogP contribution in [0.2, 0.25) is 0 Å². The molecule has 6 heteroatoms. The van der Waals surface area contributed by atoms with Gasteiger partial charge in [0.25, 0.3) is 5.91 Å². The number of nitrogens with zero attached hydrogens (tertiary/aromatic N) is 1. The first-order valence-corrected chi connectivity index (χ1v) is 11.2. The summed E-state index contributed by atoms with van der Waals surface area (Å²) in [4.78, 5) is 12.7. The summed E-state index contributed by atoms with van der Waals surface area (Å²) < 4.78 is 11.2. The molecule has 1 amide bonds. The van der Waals surface area contributed by atoms with E-state index in [2.05, 4.69) is 28.8 Å². The first-order valence-electron chi connectivity index (χ1n) is 11.2. The Morgan fingerprint density at radius 3 is 2.50 bits per heavy atom. The molecule has 0 fully saturated rings. The van der Waals surface area contributed by atoms with Crippen molar-refractivity contribution in [2.75, 3.05) is 18.5 Å². The van der Waals surface area contributed by atoms with Crippen LogP contribution in [0.15, 0.2) is 48.2 Å². The lowest BCUT2D eigenvalue weighted by molar-refractivity contribution is -0.117. The maximum absolute atomic E-state index is 12.7. The van der Waals surface area contributed by atoms with Crippen LogP contribution in [0.3, 0.4) is 0 Å². The average molecular weight is 434 g/mol. The minimum absolute atomic E-state index is 0.00153. The molecule has 6 nitrogen and oxygen atoms in total. The van der Waals surface area contributed by atoms with Crippen LogP contribution in [0.4, 0.5) is 5.69 Å². The molecule has 0 bridgehead atoms. The number of carbonyl (C=O) groups is 1. The Kier molecular flexibility index (Phi) is 8.15. The van der Waals surface area contributed by atoms with Gasteiger partial charge in [-0.25, -0.2) is 0 Å². The molecule has 1 aliphatic rings. The molecule has 0 saturated heterocycles. The number of carbonyl (C=O) groups excluding carboxylic acids is 1. The van der Waals surface area contributed by atoms with E-state index in [1.54, 1.807) is 12.1 Å². The minimum Gasteiger partial charge on any atom is -0.490 e. The summed E-state index contributed by atoms with van der Waals surface area (Å²) in [5, 5.41) is 15.5. The lowest BCUT2D eigenvalue weighted by Gasteiger charge is -2.20. The van der Waals surface area contributed by atoms with Crippen LogP contribution in [-0.2, 0) is 17.6 Å². The first-order chi connectivity index (χ1) is 15.5. The highest BCUT2D eigenvalue weighted by Crippen LogP contribution is 2.31. The van der Waals surface area contributed by atoms with Gasteiger partial charge >= 0.3 is 0 Å². The summed E-state index contributed by atoms with van der Waals surface area (Å²) in [5.74, 6) is 0.846. The Balaban J connectivity index is 1.67. The molecule has 1 aliphatic carbocycles. The molecule has 168 valence electrons. The number of nitrogens with one attached hydrogen (secondary N) is 2. The molecule has 2 N–H and O–H groups in total. The number of hydrogen-bond acceptors (Lipinski definition) is 5. The van der Waals surface area contributed by atoms with E-state index in [0.717, 1.165) is 18.4 Å². The van der Waals surface area contributed by atoms with Gasteiger partial charge in [-0.3, -0.25) is 4.79 Å². The van der Waals surface area contributed by atoms with Crippen molar-refractivity contribution in [3.63, 3.8) is 0 Å². The van der Waals surface area contributed by atoms with E-state index in [-0.39, 0.29) is 11.6 Å². The van der Waals surface area contributed by atoms with Crippen molar-refractivity contribution in [2.45, 2.75) is 52.5 Å². The van der Waals surface area contributed by atoms with Crippen molar-refractivity contribution >= 4 is 11.6 Å². The second kappa shape index (κ2) is 11.2. The van der Waals surface area contributed by atoms with Gasteiger partial charge < -0.3 is 20.1 Å². The highest BCUT2D eigenvalue weighted by molar-refractivity contribution is 5.97. The number of ether oxygens (including phenoxy) is 2. The van der Waals surface area contributed by atoms with Gasteiger partial charge in [0.05, 0.1) is 19.3 Å². The molecule has 2 aromatic rings. The number of nitriles is 1. The number of benzene rings is 2. The van der Waals surface area contributed by atoms with Crippen molar-refractivity contribution in [1.82, 2.24) is 5.32 Å². The highest BCUT2D eigenvalue weighted by Gasteiger charge is 2.16. The van der Waals surface area contributed by atoms with Crippen LogP contribution >= 0.6 is 0 Å². The van der Waals surface area contributed by atoms with Crippen LogP contribution in [0.5, 0.6) is 11.5 Å². The van der Waals surface area contributed by atoms with Gasteiger partial charge in [-0.1, -0.05) is 18.2 Å². The van der Waals surface area contributed by atoms with Crippen LogP contribution in [-0.4, -0.2) is 19.1 Å². The number of aryl methyl sites for hydroxylation is 2.